The minimum absolute atomic E-state index is 0.350. The van der Waals surface area contributed by atoms with Crippen molar-refractivity contribution in [3.63, 3.8) is 0 Å². The molecule has 0 saturated heterocycles. The Morgan fingerprint density at radius 1 is 1.21 bits per heavy atom. The summed E-state index contributed by atoms with van der Waals surface area (Å²) < 4.78 is 10.9. The second-order valence-electron chi connectivity index (χ2n) is 4.93. The van der Waals surface area contributed by atoms with Gasteiger partial charge in [-0.15, -0.1) is 11.6 Å². The molecule has 1 N–H and O–H groups in total. The molecule has 0 saturated carbocycles. The molecule has 0 aromatic heterocycles. The Labute approximate surface area is 121 Å². The van der Waals surface area contributed by atoms with Gasteiger partial charge in [0.2, 0.25) is 0 Å². The van der Waals surface area contributed by atoms with E-state index >= 15 is 0 Å². The Morgan fingerprint density at radius 2 is 1.89 bits per heavy atom. The lowest BCUT2D eigenvalue weighted by atomic mass is 10.1. The molecular weight excluding hydrogens is 262 g/mol. The molecule has 0 aliphatic rings. The summed E-state index contributed by atoms with van der Waals surface area (Å²) in [4.78, 5) is 0. The largest absolute Gasteiger partial charge is 0.493 e. The predicted octanol–water partition coefficient (Wildman–Crippen LogP) is 3.32. The number of hydrogen-bond donors (Lipinski definition) is 1. The molecule has 4 heteroatoms. The van der Waals surface area contributed by atoms with Gasteiger partial charge in [0.1, 0.15) is 6.61 Å². The highest BCUT2D eigenvalue weighted by atomic mass is 35.5. The molecule has 0 radical (unpaired) electrons. The SMILES string of the molecule is COc1ccccc1OCCNC(CCl)CC(C)C. The molecule has 0 amide bonds. The summed E-state index contributed by atoms with van der Waals surface area (Å²) in [5.74, 6) is 2.82. The normalized spacial score (nSPS) is 12.5. The second-order valence-corrected chi connectivity index (χ2v) is 5.24. The van der Waals surface area contributed by atoms with Crippen molar-refractivity contribution in [3.05, 3.63) is 24.3 Å². The zero-order valence-corrected chi connectivity index (χ0v) is 12.7. The minimum atomic E-state index is 0.350. The number of halogens is 1. The Morgan fingerprint density at radius 3 is 2.47 bits per heavy atom. The average Bonchev–Trinajstić information content (AvgIpc) is 2.42. The number of ether oxygens (including phenoxy) is 2. The average molecular weight is 286 g/mol. The van der Waals surface area contributed by atoms with Crippen LogP contribution in [0.5, 0.6) is 11.5 Å². The van der Waals surface area contributed by atoms with E-state index in [1.54, 1.807) is 7.11 Å². The number of benzene rings is 1. The molecule has 1 aromatic rings. The standard InChI is InChI=1S/C15H24ClNO2/c1-12(2)10-13(11-16)17-8-9-19-15-7-5-4-6-14(15)18-3/h4-7,12-13,17H,8-11H2,1-3H3. The topological polar surface area (TPSA) is 30.5 Å². The van der Waals surface area contributed by atoms with E-state index in [2.05, 4.69) is 19.2 Å². The highest BCUT2D eigenvalue weighted by molar-refractivity contribution is 6.18. The molecule has 3 nitrogen and oxygen atoms in total. The van der Waals surface area contributed by atoms with Gasteiger partial charge in [0.25, 0.3) is 0 Å². The lowest BCUT2D eigenvalue weighted by molar-refractivity contribution is 0.284. The lowest BCUT2D eigenvalue weighted by Gasteiger charge is -2.18. The van der Waals surface area contributed by atoms with Crippen LogP contribution in [0.25, 0.3) is 0 Å². The minimum Gasteiger partial charge on any atom is -0.493 e. The molecule has 1 rings (SSSR count). The van der Waals surface area contributed by atoms with E-state index in [9.17, 15) is 0 Å². The Bertz CT molecular complexity index is 358. The van der Waals surface area contributed by atoms with Gasteiger partial charge in [-0.2, -0.15) is 0 Å². The van der Waals surface area contributed by atoms with Gasteiger partial charge in [-0.25, -0.2) is 0 Å². The summed E-state index contributed by atoms with van der Waals surface area (Å²) in [5.41, 5.74) is 0. The third-order valence-electron chi connectivity index (χ3n) is 2.80. The van der Waals surface area contributed by atoms with Crippen molar-refractivity contribution in [1.29, 1.82) is 0 Å². The molecule has 0 spiro atoms. The van der Waals surface area contributed by atoms with Gasteiger partial charge in [-0.05, 0) is 24.5 Å². The molecule has 19 heavy (non-hydrogen) atoms. The van der Waals surface area contributed by atoms with Crippen LogP contribution in [0.3, 0.4) is 0 Å². The summed E-state index contributed by atoms with van der Waals surface area (Å²) in [6.07, 6.45) is 1.08. The first-order valence-electron chi connectivity index (χ1n) is 6.72. The lowest BCUT2D eigenvalue weighted by Crippen LogP contribution is -2.35. The van der Waals surface area contributed by atoms with Crippen molar-refractivity contribution in [2.24, 2.45) is 5.92 Å². The van der Waals surface area contributed by atoms with E-state index in [4.69, 9.17) is 21.1 Å². The fraction of sp³-hybridized carbons (Fsp3) is 0.600. The molecule has 0 aliphatic heterocycles. The summed E-state index contributed by atoms with van der Waals surface area (Å²) in [6.45, 7) is 5.78. The van der Waals surface area contributed by atoms with E-state index in [-0.39, 0.29) is 0 Å². The Hall–Kier alpha value is -0.930. The van der Waals surface area contributed by atoms with Crippen LogP contribution in [0.1, 0.15) is 20.3 Å². The van der Waals surface area contributed by atoms with E-state index < -0.39 is 0 Å². The van der Waals surface area contributed by atoms with Gasteiger partial charge in [0, 0.05) is 18.5 Å². The maximum atomic E-state index is 5.93. The molecule has 108 valence electrons. The fourth-order valence-electron chi connectivity index (χ4n) is 1.93. The first-order chi connectivity index (χ1) is 9.17. The first-order valence-corrected chi connectivity index (χ1v) is 7.26. The highest BCUT2D eigenvalue weighted by Gasteiger charge is 2.09. The van der Waals surface area contributed by atoms with E-state index in [0.717, 1.165) is 24.5 Å². The van der Waals surface area contributed by atoms with Crippen molar-refractivity contribution in [1.82, 2.24) is 5.32 Å². The van der Waals surface area contributed by atoms with Gasteiger partial charge >= 0.3 is 0 Å². The van der Waals surface area contributed by atoms with Gasteiger partial charge in [-0.3, -0.25) is 0 Å². The summed E-state index contributed by atoms with van der Waals surface area (Å²) >= 11 is 5.93. The van der Waals surface area contributed by atoms with Crippen LogP contribution in [-0.2, 0) is 0 Å². The highest BCUT2D eigenvalue weighted by Crippen LogP contribution is 2.25. The van der Waals surface area contributed by atoms with Crippen LogP contribution in [-0.4, -0.2) is 32.2 Å². The van der Waals surface area contributed by atoms with E-state index in [1.165, 1.54) is 0 Å². The smallest absolute Gasteiger partial charge is 0.161 e. The van der Waals surface area contributed by atoms with E-state index in [1.807, 2.05) is 24.3 Å². The maximum Gasteiger partial charge on any atom is 0.161 e. The molecule has 1 aromatic carbocycles. The summed E-state index contributed by atoms with van der Waals surface area (Å²) in [6, 6.07) is 8.01. The number of para-hydroxylation sites is 2. The number of hydrogen-bond acceptors (Lipinski definition) is 3. The van der Waals surface area contributed by atoms with Gasteiger partial charge in [0.15, 0.2) is 11.5 Å². The molecule has 0 bridgehead atoms. The molecule has 0 fully saturated rings. The van der Waals surface area contributed by atoms with Gasteiger partial charge in [-0.1, -0.05) is 26.0 Å². The summed E-state index contributed by atoms with van der Waals surface area (Å²) in [7, 11) is 1.65. The fourth-order valence-corrected chi connectivity index (χ4v) is 2.17. The quantitative estimate of drug-likeness (QED) is 0.558. The Kier molecular flexibility index (Phi) is 7.68. The molecule has 0 heterocycles. The zero-order valence-electron chi connectivity index (χ0n) is 12.0. The molecule has 1 unspecified atom stereocenters. The van der Waals surface area contributed by atoms with Gasteiger partial charge in [0.05, 0.1) is 7.11 Å². The summed E-state index contributed by atoms with van der Waals surface area (Å²) in [5, 5.41) is 3.41. The predicted molar refractivity (Wildman–Crippen MR) is 80.5 cm³/mol. The van der Waals surface area contributed by atoms with Crippen LogP contribution in [0.4, 0.5) is 0 Å². The van der Waals surface area contributed by atoms with Crippen molar-refractivity contribution < 1.29 is 9.47 Å². The van der Waals surface area contributed by atoms with Crippen molar-refractivity contribution in [3.8, 4) is 11.5 Å². The number of nitrogens with one attached hydrogen (secondary N) is 1. The first kappa shape index (κ1) is 16.1. The van der Waals surface area contributed by atoms with Crippen LogP contribution in [0.15, 0.2) is 24.3 Å². The Balaban J connectivity index is 2.30. The van der Waals surface area contributed by atoms with Gasteiger partial charge < -0.3 is 14.8 Å². The van der Waals surface area contributed by atoms with Crippen LogP contribution < -0.4 is 14.8 Å². The van der Waals surface area contributed by atoms with Crippen LogP contribution >= 0.6 is 11.6 Å². The second kappa shape index (κ2) is 9.05. The van der Waals surface area contributed by atoms with Crippen molar-refractivity contribution in [2.75, 3.05) is 26.1 Å². The van der Waals surface area contributed by atoms with Crippen molar-refractivity contribution >= 4 is 11.6 Å². The maximum absolute atomic E-state index is 5.93. The number of methoxy groups -OCH3 is 1. The molecular formula is C15H24ClNO2. The third-order valence-corrected chi connectivity index (χ3v) is 3.18. The monoisotopic (exact) mass is 285 g/mol. The van der Waals surface area contributed by atoms with E-state index in [0.29, 0.717) is 24.4 Å². The number of alkyl halides is 1. The molecule has 0 aliphatic carbocycles. The zero-order chi connectivity index (χ0) is 14.1. The van der Waals surface area contributed by atoms with Crippen molar-refractivity contribution in [2.45, 2.75) is 26.3 Å². The third kappa shape index (κ3) is 6.17. The van der Waals surface area contributed by atoms with Crippen LogP contribution in [0, 0.1) is 5.92 Å². The van der Waals surface area contributed by atoms with Crippen LogP contribution in [0.2, 0.25) is 0 Å². The molecule has 1 atom stereocenters. The number of rotatable bonds is 9.